The zero-order valence-electron chi connectivity index (χ0n) is 14.7. The lowest BCUT2D eigenvalue weighted by Crippen LogP contribution is -2.45. The summed E-state index contributed by atoms with van der Waals surface area (Å²) in [5.41, 5.74) is 1.21. The Kier molecular flexibility index (Phi) is 6.63. The molecule has 5 nitrogen and oxygen atoms in total. The molecule has 2 atom stereocenters. The molecular weight excluding hydrogens is 320 g/mol. The van der Waals surface area contributed by atoms with Crippen LogP contribution in [0.25, 0.3) is 0 Å². The van der Waals surface area contributed by atoms with E-state index in [0.717, 1.165) is 58.4 Å². The van der Waals surface area contributed by atoms with Gasteiger partial charge in [0.2, 0.25) is 5.91 Å². The predicted octanol–water partition coefficient (Wildman–Crippen LogP) is 2.18. The second kappa shape index (κ2) is 8.92. The van der Waals surface area contributed by atoms with Crippen LogP contribution in [0.3, 0.4) is 0 Å². The third-order valence-electron chi connectivity index (χ3n) is 4.99. The number of nitrogens with one attached hydrogen (secondary N) is 2. The van der Waals surface area contributed by atoms with E-state index >= 15 is 0 Å². The van der Waals surface area contributed by atoms with Gasteiger partial charge in [-0.15, -0.1) is 11.3 Å². The summed E-state index contributed by atoms with van der Waals surface area (Å²) in [6.07, 6.45) is 6.78. The maximum atomic E-state index is 12.1. The molecule has 2 aliphatic heterocycles. The molecular formula is C18H30N4OS. The molecule has 6 heteroatoms. The van der Waals surface area contributed by atoms with Gasteiger partial charge < -0.3 is 10.6 Å². The average Bonchev–Trinajstić information content (AvgIpc) is 3.26. The van der Waals surface area contributed by atoms with Gasteiger partial charge in [0.25, 0.3) is 0 Å². The number of carbonyl (C=O) groups excluding carboxylic acids is 1. The highest BCUT2D eigenvalue weighted by atomic mass is 32.1. The molecule has 0 radical (unpaired) electrons. The molecule has 0 saturated carbocycles. The van der Waals surface area contributed by atoms with Gasteiger partial charge >= 0.3 is 0 Å². The lowest BCUT2D eigenvalue weighted by molar-refractivity contribution is -0.123. The molecule has 2 fully saturated rings. The van der Waals surface area contributed by atoms with Crippen LogP contribution < -0.4 is 10.6 Å². The van der Waals surface area contributed by atoms with Crippen molar-refractivity contribution in [2.45, 2.75) is 58.0 Å². The predicted molar refractivity (Wildman–Crippen MR) is 98.1 cm³/mol. The molecule has 24 heavy (non-hydrogen) atoms. The number of likely N-dealkylation sites (tertiary alicyclic amines) is 1. The Morgan fingerprint density at radius 3 is 3.17 bits per heavy atom. The molecule has 1 aromatic rings. The topological polar surface area (TPSA) is 57.3 Å². The van der Waals surface area contributed by atoms with Gasteiger partial charge in [0.1, 0.15) is 0 Å². The maximum Gasteiger partial charge on any atom is 0.237 e. The number of nitrogens with zero attached hydrogens (tertiary/aromatic N) is 2. The fourth-order valence-corrected chi connectivity index (χ4v) is 4.61. The standard InChI is InChI=1S/C18H30N4OS/c1-2-5-17-21-15(13-24-17)12-22-9-4-6-14(11-22)10-20-18(23)16-7-3-8-19-16/h13-14,16,19H,2-12H2,1H3,(H,20,23). The highest BCUT2D eigenvalue weighted by Gasteiger charge is 2.24. The number of hydrogen-bond donors (Lipinski definition) is 2. The summed E-state index contributed by atoms with van der Waals surface area (Å²) in [6.45, 7) is 7.16. The average molecular weight is 351 g/mol. The summed E-state index contributed by atoms with van der Waals surface area (Å²) in [5.74, 6) is 0.756. The first kappa shape index (κ1) is 17.8. The summed E-state index contributed by atoms with van der Waals surface area (Å²) >= 11 is 1.79. The van der Waals surface area contributed by atoms with Crippen LogP contribution in [0.15, 0.2) is 5.38 Å². The van der Waals surface area contributed by atoms with Crippen LogP contribution in [-0.4, -0.2) is 48.0 Å². The van der Waals surface area contributed by atoms with Crippen molar-refractivity contribution in [3.05, 3.63) is 16.1 Å². The number of aromatic nitrogens is 1. The Morgan fingerprint density at radius 1 is 1.46 bits per heavy atom. The van der Waals surface area contributed by atoms with E-state index in [-0.39, 0.29) is 11.9 Å². The minimum Gasteiger partial charge on any atom is -0.354 e. The van der Waals surface area contributed by atoms with E-state index in [0.29, 0.717) is 5.92 Å². The summed E-state index contributed by atoms with van der Waals surface area (Å²) in [7, 11) is 0. The third-order valence-corrected chi connectivity index (χ3v) is 5.95. The summed E-state index contributed by atoms with van der Waals surface area (Å²) < 4.78 is 0. The highest BCUT2D eigenvalue weighted by molar-refractivity contribution is 7.09. The van der Waals surface area contributed by atoms with Gasteiger partial charge in [-0.25, -0.2) is 4.98 Å². The van der Waals surface area contributed by atoms with Gasteiger partial charge in [-0.3, -0.25) is 9.69 Å². The van der Waals surface area contributed by atoms with Gasteiger partial charge in [0.15, 0.2) is 0 Å². The highest BCUT2D eigenvalue weighted by Crippen LogP contribution is 2.20. The van der Waals surface area contributed by atoms with Crippen molar-refractivity contribution in [3.63, 3.8) is 0 Å². The monoisotopic (exact) mass is 350 g/mol. The summed E-state index contributed by atoms with van der Waals surface area (Å²) in [5, 5.41) is 9.90. The summed E-state index contributed by atoms with van der Waals surface area (Å²) in [4.78, 5) is 19.4. The van der Waals surface area contributed by atoms with E-state index in [4.69, 9.17) is 4.98 Å². The molecule has 134 valence electrons. The Bertz CT molecular complexity index is 527. The van der Waals surface area contributed by atoms with Crippen LogP contribution in [0, 0.1) is 5.92 Å². The van der Waals surface area contributed by atoms with Crippen molar-refractivity contribution >= 4 is 17.2 Å². The fraction of sp³-hybridized carbons (Fsp3) is 0.778. The van der Waals surface area contributed by atoms with Crippen molar-refractivity contribution in [3.8, 4) is 0 Å². The molecule has 0 bridgehead atoms. The number of aryl methyl sites for hydroxylation is 1. The Morgan fingerprint density at radius 2 is 2.38 bits per heavy atom. The maximum absolute atomic E-state index is 12.1. The van der Waals surface area contributed by atoms with E-state index < -0.39 is 0 Å². The van der Waals surface area contributed by atoms with Gasteiger partial charge in [-0.05, 0) is 57.5 Å². The second-order valence-electron chi connectivity index (χ2n) is 7.12. The Labute approximate surface area is 149 Å². The van der Waals surface area contributed by atoms with Crippen molar-refractivity contribution in [1.29, 1.82) is 0 Å². The van der Waals surface area contributed by atoms with Crippen LogP contribution in [-0.2, 0) is 17.8 Å². The van der Waals surface area contributed by atoms with Crippen LogP contribution in [0.2, 0.25) is 0 Å². The van der Waals surface area contributed by atoms with Gasteiger partial charge in [0.05, 0.1) is 16.7 Å². The molecule has 2 N–H and O–H groups in total. The quantitative estimate of drug-likeness (QED) is 0.791. The molecule has 0 aliphatic carbocycles. The molecule has 1 amide bonds. The van der Waals surface area contributed by atoms with Gasteiger partial charge in [-0.1, -0.05) is 6.92 Å². The first-order chi connectivity index (χ1) is 11.7. The van der Waals surface area contributed by atoms with E-state index in [1.807, 2.05) is 0 Å². The van der Waals surface area contributed by atoms with Gasteiger partial charge in [0, 0.05) is 25.0 Å². The lowest BCUT2D eigenvalue weighted by atomic mass is 9.97. The minimum absolute atomic E-state index is 0.0386. The van der Waals surface area contributed by atoms with Crippen molar-refractivity contribution in [1.82, 2.24) is 20.5 Å². The van der Waals surface area contributed by atoms with Crippen molar-refractivity contribution in [2.75, 3.05) is 26.2 Å². The first-order valence-corrected chi connectivity index (χ1v) is 10.3. The molecule has 0 spiro atoms. The SMILES string of the molecule is CCCc1nc(CN2CCCC(CNC(=O)C3CCCN3)C2)cs1. The third kappa shape index (κ3) is 5.01. The largest absolute Gasteiger partial charge is 0.354 e. The van der Waals surface area contributed by atoms with Crippen LogP contribution >= 0.6 is 11.3 Å². The number of hydrogen-bond acceptors (Lipinski definition) is 5. The first-order valence-electron chi connectivity index (χ1n) is 9.41. The van der Waals surface area contributed by atoms with Crippen LogP contribution in [0.5, 0.6) is 0 Å². The number of rotatable bonds is 7. The molecule has 3 heterocycles. The fourth-order valence-electron chi connectivity index (χ4n) is 3.72. The Balaban J connectivity index is 1.42. The zero-order chi connectivity index (χ0) is 16.8. The van der Waals surface area contributed by atoms with E-state index in [9.17, 15) is 4.79 Å². The molecule has 0 aromatic carbocycles. The smallest absolute Gasteiger partial charge is 0.237 e. The summed E-state index contributed by atoms with van der Waals surface area (Å²) in [6, 6.07) is 0.0386. The molecule has 3 rings (SSSR count). The van der Waals surface area contributed by atoms with Gasteiger partial charge in [-0.2, -0.15) is 0 Å². The van der Waals surface area contributed by atoms with Crippen molar-refractivity contribution < 1.29 is 4.79 Å². The zero-order valence-corrected chi connectivity index (χ0v) is 15.5. The second-order valence-corrected chi connectivity index (χ2v) is 8.06. The Hall–Kier alpha value is -0.980. The molecule has 1 aromatic heterocycles. The number of piperidine rings is 1. The minimum atomic E-state index is 0.0386. The molecule has 2 aliphatic rings. The number of thiazole rings is 1. The molecule has 2 saturated heterocycles. The van der Waals surface area contributed by atoms with E-state index in [1.165, 1.54) is 23.5 Å². The van der Waals surface area contributed by atoms with Crippen LogP contribution in [0.4, 0.5) is 0 Å². The van der Waals surface area contributed by atoms with Crippen LogP contribution in [0.1, 0.15) is 49.7 Å². The number of amides is 1. The van der Waals surface area contributed by atoms with E-state index in [2.05, 4.69) is 27.8 Å². The normalized spacial score (nSPS) is 25.0. The van der Waals surface area contributed by atoms with E-state index in [1.54, 1.807) is 11.3 Å². The van der Waals surface area contributed by atoms with Crippen molar-refractivity contribution in [2.24, 2.45) is 5.92 Å². The number of carbonyl (C=O) groups is 1. The molecule has 2 unspecified atom stereocenters. The lowest BCUT2D eigenvalue weighted by Gasteiger charge is -2.32.